The number of hydrogen-bond acceptors (Lipinski definition) is 10. The van der Waals surface area contributed by atoms with Crippen molar-refractivity contribution in [3.05, 3.63) is 22.4 Å². The molecule has 0 aromatic carbocycles. The van der Waals surface area contributed by atoms with E-state index >= 15 is 0 Å². The van der Waals surface area contributed by atoms with Gasteiger partial charge in [0.1, 0.15) is 0 Å². The zero-order valence-electron chi connectivity index (χ0n) is 14.4. The standard InChI is InChI=1S/C16H21N7O2S/c1-2-13(26-11-1)12-17-21-14-18-15(22-3-7-24-8-4-22)20-16(19-14)23-5-9-25-10-6-23/h1-2,11-12H,3-10H2,(H,18,19,20,21)/b17-12-. The fourth-order valence-corrected chi connectivity index (χ4v) is 3.32. The third kappa shape index (κ3) is 4.26. The van der Waals surface area contributed by atoms with Gasteiger partial charge in [-0.3, -0.25) is 0 Å². The van der Waals surface area contributed by atoms with Gasteiger partial charge in [0.25, 0.3) is 0 Å². The summed E-state index contributed by atoms with van der Waals surface area (Å²) in [6.45, 7) is 5.79. The molecule has 0 bridgehead atoms. The molecule has 2 aliphatic heterocycles. The molecule has 10 heteroatoms. The van der Waals surface area contributed by atoms with E-state index in [-0.39, 0.29) is 0 Å². The average Bonchev–Trinajstić information content (AvgIpc) is 3.23. The summed E-state index contributed by atoms with van der Waals surface area (Å²) in [6, 6.07) is 3.99. The van der Waals surface area contributed by atoms with Crippen LogP contribution in [0.5, 0.6) is 0 Å². The molecule has 138 valence electrons. The lowest BCUT2D eigenvalue weighted by atomic mass is 10.4. The number of nitrogens with zero attached hydrogens (tertiary/aromatic N) is 6. The summed E-state index contributed by atoms with van der Waals surface area (Å²) in [5, 5.41) is 6.26. The number of anilines is 3. The average molecular weight is 375 g/mol. The number of hydrogen-bond donors (Lipinski definition) is 1. The Kier molecular flexibility index (Phi) is 5.53. The summed E-state index contributed by atoms with van der Waals surface area (Å²) in [6.07, 6.45) is 1.76. The van der Waals surface area contributed by atoms with Gasteiger partial charge in [0.15, 0.2) is 0 Å². The van der Waals surface area contributed by atoms with Crippen molar-refractivity contribution < 1.29 is 9.47 Å². The Morgan fingerprint density at radius 3 is 2.12 bits per heavy atom. The molecular formula is C16H21N7O2S. The van der Waals surface area contributed by atoms with E-state index in [1.807, 2.05) is 17.5 Å². The summed E-state index contributed by atoms with van der Waals surface area (Å²) in [7, 11) is 0. The maximum atomic E-state index is 5.43. The van der Waals surface area contributed by atoms with Gasteiger partial charge in [0, 0.05) is 31.1 Å². The lowest BCUT2D eigenvalue weighted by Gasteiger charge is -2.30. The molecular weight excluding hydrogens is 354 g/mol. The molecule has 2 aromatic heterocycles. The number of morpholine rings is 2. The molecule has 2 aliphatic rings. The second kappa shape index (κ2) is 8.39. The van der Waals surface area contributed by atoms with Crippen LogP contribution in [0, 0.1) is 0 Å². The number of nitrogens with one attached hydrogen (secondary N) is 1. The van der Waals surface area contributed by atoms with Crippen LogP contribution in [-0.2, 0) is 9.47 Å². The Labute approximate surface area is 155 Å². The Morgan fingerprint density at radius 1 is 0.962 bits per heavy atom. The first kappa shape index (κ1) is 17.1. The van der Waals surface area contributed by atoms with Crippen LogP contribution in [0.25, 0.3) is 0 Å². The molecule has 2 saturated heterocycles. The monoisotopic (exact) mass is 375 g/mol. The zero-order valence-corrected chi connectivity index (χ0v) is 15.2. The molecule has 0 spiro atoms. The topological polar surface area (TPSA) is 88.0 Å². The summed E-state index contributed by atoms with van der Waals surface area (Å²) >= 11 is 1.62. The van der Waals surface area contributed by atoms with Crippen molar-refractivity contribution in [1.29, 1.82) is 0 Å². The van der Waals surface area contributed by atoms with Gasteiger partial charge in [-0.05, 0) is 11.4 Å². The van der Waals surface area contributed by atoms with Gasteiger partial charge in [-0.2, -0.15) is 20.1 Å². The molecule has 9 nitrogen and oxygen atoms in total. The first-order chi connectivity index (χ1) is 12.9. The van der Waals surface area contributed by atoms with Gasteiger partial charge < -0.3 is 19.3 Å². The first-order valence-corrected chi connectivity index (χ1v) is 9.50. The Morgan fingerprint density at radius 2 is 1.58 bits per heavy atom. The van der Waals surface area contributed by atoms with Crippen molar-refractivity contribution in [2.75, 3.05) is 67.8 Å². The molecule has 2 aromatic rings. The van der Waals surface area contributed by atoms with Gasteiger partial charge >= 0.3 is 0 Å². The fraction of sp³-hybridized carbons (Fsp3) is 0.500. The van der Waals surface area contributed by atoms with E-state index in [9.17, 15) is 0 Å². The molecule has 26 heavy (non-hydrogen) atoms. The van der Waals surface area contributed by atoms with Gasteiger partial charge in [0.2, 0.25) is 17.8 Å². The molecule has 0 unspecified atom stereocenters. The maximum absolute atomic E-state index is 5.43. The molecule has 0 saturated carbocycles. The Balaban J connectivity index is 1.56. The van der Waals surface area contributed by atoms with E-state index in [2.05, 4.69) is 35.3 Å². The van der Waals surface area contributed by atoms with E-state index < -0.39 is 0 Å². The smallest absolute Gasteiger partial charge is 0.250 e. The first-order valence-electron chi connectivity index (χ1n) is 8.62. The fourth-order valence-electron chi connectivity index (χ4n) is 2.73. The van der Waals surface area contributed by atoms with Crippen LogP contribution >= 0.6 is 11.3 Å². The number of ether oxygens (including phenoxy) is 2. The molecule has 2 fully saturated rings. The second-order valence-electron chi connectivity index (χ2n) is 5.84. The van der Waals surface area contributed by atoms with Crippen molar-refractivity contribution in [3.63, 3.8) is 0 Å². The molecule has 1 N–H and O–H groups in total. The van der Waals surface area contributed by atoms with Crippen molar-refractivity contribution in [3.8, 4) is 0 Å². The molecule has 0 atom stereocenters. The van der Waals surface area contributed by atoms with Gasteiger partial charge in [-0.15, -0.1) is 11.3 Å². The summed E-state index contributed by atoms with van der Waals surface area (Å²) < 4.78 is 10.9. The van der Waals surface area contributed by atoms with E-state index in [0.29, 0.717) is 44.3 Å². The van der Waals surface area contributed by atoms with Gasteiger partial charge in [0.05, 0.1) is 32.6 Å². The predicted octanol–water partition coefficient (Wildman–Crippen LogP) is 1.05. The summed E-state index contributed by atoms with van der Waals surface area (Å²) in [4.78, 5) is 19.0. The molecule has 0 aliphatic carbocycles. The highest BCUT2D eigenvalue weighted by Gasteiger charge is 2.20. The van der Waals surface area contributed by atoms with E-state index in [1.165, 1.54) is 0 Å². The van der Waals surface area contributed by atoms with Crippen LogP contribution in [0.1, 0.15) is 4.88 Å². The van der Waals surface area contributed by atoms with Crippen LogP contribution in [0.4, 0.5) is 17.8 Å². The summed E-state index contributed by atoms with van der Waals surface area (Å²) in [5.41, 5.74) is 2.94. The van der Waals surface area contributed by atoms with Crippen LogP contribution in [0.2, 0.25) is 0 Å². The van der Waals surface area contributed by atoms with E-state index in [0.717, 1.165) is 31.1 Å². The minimum Gasteiger partial charge on any atom is -0.378 e. The largest absolute Gasteiger partial charge is 0.378 e. The minimum absolute atomic E-state index is 0.441. The van der Waals surface area contributed by atoms with E-state index in [1.54, 1.807) is 17.6 Å². The minimum atomic E-state index is 0.441. The predicted molar refractivity (Wildman–Crippen MR) is 101 cm³/mol. The highest BCUT2D eigenvalue weighted by molar-refractivity contribution is 7.11. The SMILES string of the molecule is C(=N/Nc1nc(N2CCOCC2)nc(N2CCOCC2)n1)/c1cccs1. The molecule has 0 amide bonds. The highest BCUT2D eigenvalue weighted by Crippen LogP contribution is 2.18. The highest BCUT2D eigenvalue weighted by atomic mass is 32.1. The van der Waals surface area contributed by atoms with Gasteiger partial charge in [-0.25, -0.2) is 5.43 Å². The van der Waals surface area contributed by atoms with Crippen molar-refractivity contribution in [2.24, 2.45) is 5.10 Å². The second-order valence-corrected chi connectivity index (χ2v) is 6.82. The van der Waals surface area contributed by atoms with Crippen LogP contribution in [-0.4, -0.2) is 73.8 Å². The third-order valence-corrected chi connectivity index (χ3v) is 4.91. The normalized spacial score (nSPS) is 18.5. The zero-order chi connectivity index (χ0) is 17.6. The lowest BCUT2D eigenvalue weighted by Crippen LogP contribution is -2.40. The molecule has 4 heterocycles. The van der Waals surface area contributed by atoms with Crippen LogP contribution in [0.3, 0.4) is 0 Å². The lowest BCUT2D eigenvalue weighted by molar-refractivity contribution is 0.121. The maximum Gasteiger partial charge on any atom is 0.250 e. The quantitative estimate of drug-likeness (QED) is 0.613. The van der Waals surface area contributed by atoms with Crippen LogP contribution in [0.15, 0.2) is 22.6 Å². The van der Waals surface area contributed by atoms with E-state index in [4.69, 9.17) is 9.47 Å². The summed E-state index contributed by atoms with van der Waals surface area (Å²) in [5.74, 6) is 1.74. The number of rotatable bonds is 5. The number of thiophene rings is 1. The van der Waals surface area contributed by atoms with Crippen LogP contribution < -0.4 is 15.2 Å². The Hall–Kier alpha value is -2.30. The van der Waals surface area contributed by atoms with Gasteiger partial charge in [-0.1, -0.05) is 6.07 Å². The number of hydrazone groups is 1. The van der Waals surface area contributed by atoms with Crippen molar-refractivity contribution in [2.45, 2.75) is 0 Å². The van der Waals surface area contributed by atoms with Crippen molar-refractivity contribution in [1.82, 2.24) is 15.0 Å². The molecule has 0 radical (unpaired) electrons. The molecule has 4 rings (SSSR count). The van der Waals surface area contributed by atoms with Crippen molar-refractivity contribution >= 4 is 35.4 Å². The third-order valence-electron chi connectivity index (χ3n) is 4.10. The number of aromatic nitrogens is 3. The Bertz CT molecular complexity index is 692.